The van der Waals surface area contributed by atoms with Crippen molar-refractivity contribution in [3.63, 3.8) is 0 Å². The van der Waals surface area contributed by atoms with E-state index in [1.54, 1.807) is 0 Å². The summed E-state index contributed by atoms with van der Waals surface area (Å²) in [5.41, 5.74) is 9.19. The normalized spacial score (nSPS) is 12.8. The molecule has 1 aromatic heterocycles. The second kappa shape index (κ2) is 13.2. The van der Waals surface area contributed by atoms with Crippen molar-refractivity contribution in [1.82, 2.24) is 4.57 Å². The summed E-state index contributed by atoms with van der Waals surface area (Å²) in [6, 6.07) is 64.3. The van der Waals surface area contributed by atoms with E-state index in [1.165, 1.54) is 32.4 Å². The number of fused-ring (bicyclic) bond motifs is 8. The van der Waals surface area contributed by atoms with Gasteiger partial charge < -0.3 is 9.47 Å². The van der Waals surface area contributed by atoms with Crippen molar-refractivity contribution in [2.24, 2.45) is 0 Å². The average Bonchev–Trinajstić information content (AvgIpc) is 3.65. The Bertz CT molecular complexity index is 3490. The number of rotatable bonds is 6. The number of hydrogen-bond donors (Lipinski definition) is 0. The van der Waals surface area contributed by atoms with Crippen LogP contribution in [0.5, 0.6) is 0 Å². The SMILES string of the molecule is [2H]c1c([2H])c([2H])c(-c2ccc(N(c3ccc(-c4ccc5c6ccc7ccccc7c6n(-c6ccccc6)c5c4)cc3)c3cc4ccccc4c4ccccc34)cc2)c([2H])c1[2H]. The average molecular weight is 718 g/mol. The first-order valence-corrected chi connectivity index (χ1v) is 18.9. The predicted molar refractivity (Wildman–Crippen MR) is 239 cm³/mol. The smallest absolute Gasteiger partial charge is 0.0629 e. The lowest BCUT2D eigenvalue weighted by molar-refractivity contribution is 1.19. The maximum absolute atomic E-state index is 8.61. The number of aromatic nitrogens is 1. The van der Waals surface area contributed by atoms with E-state index in [2.05, 4.69) is 173 Å². The highest BCUT2D eigenvalue weighted by molar-refractivity contribution is 6.19. The van der Waals surface area contributed by atoms with E-state index in [1.807, 2.05) is 24.3 Å². The fourth-order valence-electron chi connectivity index (χ4n) is 8.42. The Morgan fingerprint density at radius 2 is 0.946 bits per heavy atom. The Kier molecular flexibility index (Phi) is 6.39. The van der Waals surface area contributed by atoms with E-state index in [0.717, 1.165) is 55.6 Å². The fraction of sp³-hybridized carbons (Fsp3) is 0. The Morgan fingerprint density at radius 3 is 1.68 bits per heavy atom. The molecule has 0 saturated carbocycles. The summed E-state index contributed by atoms with van der Waals surface area (Å²) in [6.45, 7) is 0. The molecule has 0 radical (unpaired) electrons. The molecule has 0 fully saturated rings. The first-order valence-electron chi connectivity index (χ1n) is 21.4. The van der Waals surface area contributed by atoms with Crippen LogP contribution in [0.2, 0.25) is 0 Å². The summed E-state index contributed by atoms with van der Waals surface area (Å²) >= 11 is 0. The van der Waals surface area contributed by atoms with Crippen LogP contribution in [0.15, 0.2) is 218 Å². The van der Waals surface area contributed by atoms with Gasteiger partial charge in [0.2, 0.25) is 0 Å². The van der Waals surface area contributed by atoms with E-state index in [9.17, 15) is 0 Å². The molecule has 10 aromatic carbocycles. The maximum atomic E-state index is 8.61. The van der Waals surface area contributed by atoms with Crippen molar-refractivity contribution in [3.05, 3.63) is 218 Å². The van der Waals surface area contributed by atoms with Crippen LogP contribution in [0, 0.1) is 0 Å². The molecule has 262 valence electrons. The third-order valence-electron chi connectivity index (χ3n) is 11.0. The molecule has 1 heterocycles. The van der Waals surface area contributed by atoms with Gasteiger partial charge in [-0.2, -0.15) is 0 Å². The van der Waals surface area contributed by atoms with E-state index >= 15 is 0 Å². The molecule has 11 aromatic rings. The van der Waals surface area contributed by atoms with Crippen LogP contribution in [-0.2, 0) is 0 Å². The second-order valence-electron chi connectivity index (χ2n) is 14.2. The zero-order valence-electron chi connectivity index (χ0n) is 35.3. The first-order chi connectivity index (χ1) is 29.9. The minimum atomic E-state index is -0.403. The molecule has 0 aliphatic heterocycles. The number of nitrogens with zero attached hydrogens (tertiary/aromatic N) is 2. The van der Waals surface area contributed by atoms with Crippen LogP contribution in [0.25, 0.3) is 82.1 Å². The predicted octanol–water partition coefficient (Wildman–Crippen LogP) is 15.0. The highest BCUT2D eigenvalue weighted by Crippen LogP contribution is 2.44. The second-order valence-corrected chi connectivity index (χ2v) is 14.2. The molecule has 0 aliphatic rings. The highest BCUT2D eigenvalue weighted by Gasteiger charge is 2.19. The lowest BCUT2D eigenvalue weighted by Crippen LogP contribution is -2.10. The number of para-hydroxylation sites is 1. The van der Waals surface area contributed by atoms with Gasteiger partial charge in [0.1, 0.15) is 0 Å². The van der Waals surface area contributed by atoms with E-state index in [4.69, 9.17) is 6.85 Å². The standard InChI is InChI=1S/C54H36N2/c1-3-13-37(14-4-1)38-23-29-44(30-24-38)55(52-36-42-16-8-9-19-46(42)48-21-11-12-22-49(48)52)45-31-25-39(26-32-45)41-28-33-50-51-34-27-40-15-7-10-20-47(40)54(51)56(53(50)35-41)43-17-5-2-6-18-43/h1-36H/i1D,3D,4D,13D,14D. The molecule has 56 heavy (non-hydrogen) atoms. The van der Waals surface area contributed by atoms with Gasteiger partial charge in [-0.15, -0.1) is 0 Å². The third-order valence-corrected chi connectivity index (χ3v) is 11.0. The summed E-state index contributed by atoms with van der Waals surface area (Å²) < 4.78 is 44.3. The molecule has 0 N–H and O–H groups in total. The van der Waals surface area contributed by atoms with Crippen molar-refractivity contribution in [1.29, 1.82) is 0 Å². The van der Waals surface area contributed by atoms with Gasteiger partial charge in [0, 0.05) is 38.6 Å². The van der Waals surface area contributed by atoms with Gasteiger partial charge in [0.05, 0.1) is 23.6 Å². The van der Waals surface area contributed by atoms with Crippen molar-refractivity contribution in [2.45, 2.75) is 0 Å². The monoisotopic (exact) mass is 717 g/mol. The van der Waals surface area contributed by atoms with Crippen LogP contribution in [0.3, 0.4) is 0 Å². The van der Waals surface area contributed by atoms with Gasteiger partial charge in [-0.25, -0.2) is 0 Å². The molecule has 2 heteroatoms. The van der Waals surface area contributed by atoms with Crippen molar-refractivity contribution < 1.29 is 6.85 Å². The van der Waals surface area contributed by atoms with Gasteiger partial charge in [-0.3, -0.25) is 0 Å². The molecule has 0 spiro atoms. The molecule has 0 amide bonds. The molecule has 2 nitrogen and oxygen atoms in total. The first kappa shape index (κ1) is 27.2. The molecule has 0 bridgehead atoms. The van der Waals surface area contributed by atoms with Gasteiger partial charge in [0.25, 0.3) is 0 Å². The lowest BCUT2D eigenvalue weighted by atomic mass is 9.98. The summed E-state index contributed by atoms with van der Waals surface area (Å²) in [6.07, 6.45) is 0. The maximum Gasteiger partial charge on any atom is 0.0629 e. The van der Waals surface area contributed by atoms with Gasteiger partial charge in [-0.1, -0.05) is 170 Å². The number of anilines is 3. The van der Waals surface area contributed by atoms with E-state index < -0.39 is 6.04 Å². The lowest BCUT2D eigenvalue weighted by Gasteiger charge is -2.28. The minimum Gasteiger partial charge on any atom is -0.310 e. The Hall–Kier alpha value is -7.42. The highest BCUT2D eigenvalue weighted by atomic mass is 15.1. The van der Waals surface area contributed by atoms with Crippen LogP contribution in [0.4, 0.5) is 17.1 Å². The zero-order valence-corrected chi connectivity index (χ0v) is 30.3. The zero-order chi connectivity index (χ0) is 41.4. The van der Waals surface area contributed by atoms with Gasteiger partial charge in [-0.05, 0) is 92.3 Å². The van der Waals surface area contributed by atoms with Crippen molar-refractivity contribution in [2.75, 3.05) is 4.90 Å². The topological polar surface area (TPSA) is 8.17 Å². The molecule has 0 atom stereocenters. The molecule has 0 unspecified atom stereocenters. The molecule has 0 saturated heterocycles. The third kappa shape index (κ3) is 5.26. The van der Waals surface area contributed by atoms with E-state index in [-0.39, 0.29) is 29.7 Å². The summed E-state index contributed by atoms with van der Waals surface area (Å²) in [4.78, 5) is 2.24. The Morgan fingerprint density at radius 1 is 0.375 bits per heavy atom. The Labute approximate surface area is 332 Å². The van der Waals surface area contributed by atoms with Crippen LogP contribution in [0.1, 0.15) is 6.85 Å². The minimum absolute atomic E-state index is 0.182. The quantitative estimate of drug-likeness (QED) is 0.156. The molecular weight excluding hydrogens is 677 g/mol. The largest absolute Gasteiger partial charge is 0.310 e. The van der Waals surface area contributed by atoms with Crippen LogP contribution in [-0.4, -0.2) is 4.57 Å². The molecular formula is C54H36N2. The van der Waals surface area contributed by atoms with Crippen molar-refractivity contribution >= 4 is 71.2 Å². The van der Waals surface area contributed by atoms with Gasteiger partial charge in [0.15, 0.2) is 0 Å². The van der Waals surface area contributed by atoms with Gasteiger partial charge >= 0.3 is 0 Å². The van der Waals surface area contributed by atoms with Crippen molar-refractivity contribution in [3.8, 4) is 27.9 Å². The summed E-state index contributed by atoms with van der Waals surface area (Å²) in [7, 11) is 0. The Balaban J connectivity index is 1.07. The number of benzene rings is 10. The molecule has 11 rings (SSSR count). The number of hydrogen-bond acceptors (Lipinski definition) is 1. The van der Waals surface area contributed by atoms with Crippen LogP contribution < -0.4 is 4.90 Å². The van der Waals surface area contributed by atoms with Crippen LogP contribution >= 0.6 is 0 Å². The van der Waals surface area contributed by atoms with E-state index in [0.29, 0.717) is 5.56 Å². The summed E-state index contributed by atoms with van der Waals surface area (Å²) in [5, 5.41) is 9.36. The molecule has 0 aliphatic carbocycles. The fourth-order valence-corrected chi connectivity index (χ4v) is 8.42. The summed E-state index contributed by atoms with van der Waals surface area (Å²) in [5.74, 6) is 0.